The molecular formula is C12H13N3O3. The Balaban J connectivity index is 2.84. The Bertz CT molecular complexity index is 676. The summed E-state index contributed by atoms with van der Waals surface area (Å²) in [5, 5.41) is 11.3. The molecule has 0 saturated heterocycles. The van der Waals surface area contributed by atoms with E-state index in [-0.39, 0.29) is 22.1 Å². The SMILES string of the molecule is CCCc1nc2c([N+](=O)[O-])cc(C)cc2c(=O)[nH]1. The molecule has 6 heteroatoms. The van der Waals surface area contributed by atoms with Crippen molar-refractivity contribution in [2.45, 2.75) is 26.7 Å². The molecule has 18 heavy (non-hydrogen) atoms. The minimum absolute atomic E-state index is 0.117. The average Bonchev–Trinajstić information content (AvgIpc) is 2.29. The van der Waals surface area contributed by atoms with Crippen LogP contribution in [0.5, 0.6) is 0 Å². The van der Waals surface area contributed by atoms with Gasteiger partial charge < -0.3 is 4.98 Å². The van der Waals surface area contributed by atoms with Crippen molar-refractivity contribution in [3.63, 3.8) is 0 Å². The largest absolute Gasteiger partial charge is 0.310 e. The fourth-order valence-electron chi connectivity index (χ4n) is 1.91. The molecule has 2 rings (SSSR count). The van der Waals surface area contributed by atoms with Gasteiger partial charge in [0, 0.05) is 12.5 Å². The molecule has 0 saturated carbocycles. The first-order valence-electron chi connectivity index (χ1n) is 5.71. The molecule has 0 spiro atoms. The Kier molecular flexibility index (Phi) is 3.10. The van der Waals surface area contributed by atoms with Gasteiger partial charge in [-0.05, 0) is 25.0 Å². The number of aromatic nitrogens is 2. The van der Waals surface area contributed by atoms with E-state index < -0.39 is 4.92 Å². The second-order valence-corrected chi connectivity index (χ2v) is 4.20. The van der Waals surface area contributed by atoms with E-state index in [1.807, 2.05) is 6.92 Å². The van der Waals surface area contributed by atoms with Crippen LogP contribution in [-0.2, 0) is 6.42 Å². The van der Waals surface area contributed by atoms with Gasteiger partial charge in [-0.25, -0.2) is 4.98 Å². The molecule has 1 heterocycles. The van der Waals surface area contributed by atoms with Crippen LogP contribution >= 0.6 is 0 Å². The van der Waals surface area contributed by atoms with Crippen molar-refractivity contribution in [3.8, 4) is 0 Å². The fraction of sp³-hybridized carbons (Fsp3) is 0.333. The zero-order chi connectivity index (χ0) is 13.3. The van der Waals surface area contributed by atoms with Crippen LogP contribution in [0, 0.1) is 17.0 Å². The maximum absolute atomic E-state index is 11.9. The van der Waals surface area contributed by atoms with E-state index >= 15 is 0 Å². The van der Waals surface area contributed by atoms with Gasteiger partial charge in [0.2, 0.25) is 0 Å². The van der Waals surface area contributed by atoms with Gasteiger partial charge in [0.25, 0.3) is 11.2 Å². The predicted molar refractivity (Wildman–Crippen MR) is 67.8 cm³/mol. The lowest BCUT2D eigenvalue weighted by Gasteiger charge is -2.03. The van der Waals surface area contributed by atoms with Crippen LogP contribution in [0.1, 0.15) is 24.7 Å². The number of hydrogen-bond acceptors (Lipinski definition) is 4. The molecular weight excluding hydrogens is 234 g/mol. The van der Waals surface area contributed by atoms with Crippen molar-refractivity contribution in [1.82, 2.24) is 9.97 Å². The Labute approximate surface area is 103 Å². The number of non-ortho nitro benzene ring substituents is 1. The van der Waals surface area contributed by atoms with E-state index in [0.717, 1.165) is 6.42 Å². The summed E-state index contributed by atoms with van der Waals surface area (Å²) in [5.41, 5.74) is 0.395. The number of hydrogen-bond donors (Lipinski definition) is 1. The Hall–Kier alpha value is -2.24. The highest BCUT2D eigenvalue weighted by Crippen LogP contribution is 2.23. The van der Waals surface area contributed by atoms with Gasteiger partial charge >= 0.3 is 0 Å². The number of nitrogens with one attached hydrogen (secondary N) is 1. The van der Waals surface area contributed by atoms with Gasteiger partial charge in [-0.2, -0.15) is 0 Å². The van der Waals surface area contributed by atoms with Gasteiger partial charge in [-0.1, -0.05) is 6.92 Å². The molecule has 0 aliphatic heterocycles. The lowest BCUT2D eigenvalue weighted by atomic mass is 10.1. The smallest absolute Gasteiger partial charge is 0.295 e. The van der Waals surface area contributed by atoms with Crippen molar-refractivity contribution < 1.29 is 4.92 Å². The molecule has 0 amide bonds. The number of nitro benzene ring substituents is 1. The summed E-state index contributed by atoms with van der Waals surface area (Å²) in [7, 11) is 0. The van der Waals surface area contributed by atoms with Crippen LogP contribution in [-0.4, -0.2) is 14.9 Å². The number of benzene rings is 1. The first-order chi connectivity index (χ1) is 8.52. The lowest BCUT2D eigenvalue weighted by Crippen LogP contribution is -2.13. The van der Waals surface area contributed by atoms with E-state index in [1.165, 1.54) is 6.07 Å². The van der Waals surface area contributed by atoms with Crippen molar-refractivity contribution in [1.29, 1.82) is 0 Å². The number of aryl methyl sites for hydroxylation is 2. The third-order valence-electron chi connectivity index (χ3n) is 2.67. The van der Waals surface area contributed by atoms with Gasteiger partial charge in [0.15, 0.2) is 5.52 Å². The summed E-state index contributed by atoms with van der Waals surface area (Å²) >= 11 is 0. The first-order valence-corrected chi connectivity index (χ1v) is 5.71. The minimum Gasteiger partial charge on any atom is -0.310 e. The second-order valence-electron chi connectivity index (χ2n) is 4.20. The quantitative estimate of drug-likeness (QED) is 0.664. The standard InChI is InChI=1S/C12H13N3O3/c1-3-4-10-13-11-8(12(16)14-10)5-7(2)6-9(11)15(17)18/h5-6H,3-4H2,1-2H3,(H,13,14,16). The van der Waals surface area contributed by atoms with Crippen molar-refractivity contribution in [3.05, 3.63) is 44.0 Å². The molecule has 0 aliphatic carbocycles. The minimum atomic E-state index is -0.502. The monoisotopic (exact) mass is 247 g/mol. The van der Waals surface area contributed by atoms with Gasteiger partial charge in [0.1, 0.15) is 5.82 Å². The second kappa shape index (κ2) is 4.56. The number of fused-ring (bicyclic) bond motifs is 1. The summed E-state index contributed by atoms with van der Waals surface area (Å²) in [6.07, 6.45) is 1.41. The summed E-state index contributed by atoms with van der Waals surface area (Å²) in [6.45, 7) is 3.67. The molecule has 2 aromatic rings. The summed E-state index contributed by atoms with van der Waals surface area (Å²) in [6, 6.07) is 3.05. The summed E-state index contributed by atoms with van der Waals surface area (Å²) in [5.74, 6) is 0.488. The van der Waals surface area contributed by atoms with Crippen LogP contribution in [0.4, 0.5) is 5.69 Å². The van der Waals surface area contributed by atoms with Crippen LogP contribution in [0.3, 0.4) is 0 Å². The van der Waals surface area contributed by atoms with E-state index in [9.17, 15) is 14.9 Å². The highest BCUT2D eigenvalue weighted by molar-refractivity contribution is 5.87. The van der Waals surface area contributed by atoms with Gasteiger partial charge in [0.05, 0.1) is 10.3 Å². The average molecular weight is 247 g/mol. The van der Waals surface area contributed by atoms with E-state index in [2.05, 4.69) is 9.97 Å². The third-order valence-corrected chi connectivity index (χ3v) is 2.67. The maximum atomic E-state index is 11.9. The van der Waals surface area contributed by atoms with E-state index in [0.29, 0.717) is 17.8 Å². The molecule has 0 bridgehead atoms. The zero-order valence-electron chi connectivity index (χ0n) is 10.2. The fourth-order valence-corrected chi connectivity index (χ4v) is 1.91. The normalized spacial score (nSPS) is 10.8. The molecule has 0 fully saturated rings. The summed E-state index contributed by atoms with van der Waals surface area (Å²) < 4.78 is 0. The highest BCUT2D eigenvalue weighted by atomic mass is 16.6. The Morgan fingerprint density at radius 2 is 2.17 bits per heavy atom. The highest BCUT2D eigenvalue weighted by Gasteiger charge is 2.17. The van der Waals surface area contributed by atoms with Crippen LogP contribution < -0.4 is 5.56 Å². The number of nitro groups is 1. The Morgan fingerprint density at radius 3 is 2.78 bits per heavy atom. The number of aromatic amines is 1. The molecule has 1 aromatic heterocycles. The van der Waals surface area contributed by atoms with Crippen molar-refractivity contribution in [2.75, 3.05) is 0 Å². The van der Waals surface area contributed by atoms with Crippen LogP contribution in [0.2, 0.25) is 0 Å². The first kappa shape index (κ1) is 12.2. The third kappa shape index (κ3) is 2.09. The molecule has 0 aliphatic rings. The summed E-state index contributed by atoms with van der Waals surface area (Å²) in [4.78, 5) is 29.2. The van der Waals surface area contributed by atoms with Crippen LogP contribution in [0.25, 0.3) is 10.9 Å². The van der Waals surface area contributed by atoms with Gasteiger partial charge in [-0.3, -0.25) is 14.9 Å². The number of rotatable bonds is 3. The predicted octanol–water partition coefficient (Wildman–Crippen LogP) is 2.09. The topological polar surface area (TPSA) is 88.9 Å². The lowest BCUT2D eigenvalue weighted by molar-refractivity contribution is -0.383. The molecule has 6 nitrogen and oxygen atoms in total. The maximum Gasteiger partial charge on any atom is 0.295 e. The van der Waals surface area contributed by atoms with E-state index in [1.54, 1.807) is 13.0 Å². The van der Waals surface area contributed by atoms with Crippen molar-refractivity contribution >= 4 is 16.6 Å². The molecule has 94 valence electrons. The molecule has 1 N–H and O–H groups in total. The number of nitrogens with zero attached hydrogens (tertiary/aromatic N) is 2. The van der Waals surface area contributed by atoms with Gasteiger partial charge in [-0.15, -0.1) is 0 Å². The zero-order valence-corrected chi connectivity index (χ0v) is 10.2. The molecule has 0 unspecified atom stereocenters. The molecule has 0 atom stereocenters. The molecule has 0 radical (unpaired) electrons. The molecule has 1 aromatic carbocycles. The number of H-pyrrole nitrogens is 1. The van der Waals surface area contributed by atoms with Crippen molar-refractivity contribution in [2.24, 2.45) is 0 Å². The van der Waals surface area contributed by atoms with E-state index in [4.69, 9.17) is 0 Å². The Morgan fingerprint density at radius 1 is 1.44 bits per heavy atom. The van der Waals surface area contributed by atoms with Crippen LogP contribution in [0.15, 0.2) is 16.9 Å².